The summed E-state index contributed by atoms with van der Waals surface area (Å²) < 4.78 is 27.6. The molecule has 3 rings (SSSR count). The van der Waals surface area contributed by atoms with E-state index < -0.39 is 10.0 Å². The zero-order valence-corrected chi connectivity index (χ0v) is 14.0. The van der Waals surface area contributed by atoms with Gasteiger partial charge in [-0.25, -0.2) is 8.42 Å². The molecule has 2 aliphatic rings. The van der Waals surface area contributed by atoms with Crippen LogP contribution in [0.15, 0.2) is 11.0 Å². The van der Waals surface area contributed by atoms with Crippen molar-refractivity contribution < 1.29 is 8.42 Å². The van der Waals surface area contributed by atoms with E-state index in [2.05, 4.69) is 0 Å². The second-order valence-corrected chi connectivity index (χ2v) is 9.25. The maximum Gasteiger partial charge on any atom is 0.244 e. The number of nitrogens with zero attached hydrogens (tertiary/aromatic N) is 1. The number of aryl methyl sites for hydroxylation is 1. The summed E-state index contributed by atoms with van der Waals surface area (Å²) in [6.45, 7) is 2.56. The zero-order chi connectivity index (χ0) is 14.3. The average molecular weight is 334 g/mol. The van der Waals surface area contributed by atoms with Crippen molar-refractivity contribution in [3.8, 4) is 0 Å². The molecular weight excluding hydrogens is 314 g/mol. The lowest BCUT2D eigenvalue weighted by Gasteiger charge is -2.30. The Bertz CT molecular complexity index is 596. The molecule has 1 aromatic rings. The third kappa shape index (κ3) is 2.43. The van der Waals surface area contributed by atoms with E-state index >= 15 is 0 Å². The van der Waals surface area contributed by atoms with Gasteiger partial charge in [0, 0.05) is 22.3 Å². The number of rotatable bonds is 3. The van der Waals surface area contributed by atoms with E-state index in [1.807, 2.05) is 6.92 Å². The standard InChI is InChI=1S/C14H20ClNO2S2/c1-10-14(8-12(9-15)19-10)20(17,18)16-7-6-11-4-2-3-5-13(11)16/h8,11,13H,2-7,9H2,1H3. The van der Waals surface area contributed by atoms with Gasteiger partial charge in [-0.15, -0.1) is 22.9 Å². The number of sulfonamides is 1. The Morgan fingerprint density at radius 3 is 2.80 bits per heavy atom. The molecule has 1 aromatic heterocycles. The largest absolute Gasteiger partial charge is 0.244 e. The fourth-order valence-corrected chi connectivity index (χ4v) is 7.06. The number of fused-ring (bicyclic) bond motifs is 1. The smallest absolute Gasteiger partial charge is 0.207 e. The second kappa shape index (κ2) is 5.59. The van der Waals surface area contributed by atoms with E-state index in [1.165, 1.54) is 24.2 Å². The number of hydrogen-bond acceptors (Lipinski definition) is 3. The summed E-state index contributed by atoms with van der Waals surface area (Å²) >= 11 is 7.33. The molecule has 2 atom stereocenters. The molecule has 0 aromatic carbocycles. The Hall–Kier alpha value is -0.100. The summed E-state index contributed by atoms with van der Waals surface area (Å²) in [5, 5.41) is 0. The Morgan fingerprint density at radius 2 is 2.10 bits per heavy atom. The second-order valence-electron chi connectivity index (χ2n) is 5.78. The predicted molar refractivity (Wildman–Crippen MR) is 82.9 cm³/mol. The predicted octanol–water partition coefficient (Wildman–Crippen LogP) is 3.75. The molecule has 0 radical (unpaired) electrons. The molecule has 1 saturated carbocycles. The molecule has 0 amide bonds. The minimum Gasteiger partial charge on any atom is -0.207 e. The lowest BCUT2D eigenvalue weighted by Crippen LogP contribution is -2.39. The van der Waals surface area contributed by atoms with Gasteiger partial charge in [-0.3, -0.25) is 0 Å². The molecule has 0 N–H and O–H groups in total. The molecule has 3 nitrogen and oxygen atoms in total. The van der Waals surface area contributed by atoms with Crippen molar-refractivity contribution in [1.82, 2.24) is 4.31 Å². The SMILES string of the molecule is Cc1sc(CCl)cc1S(=O)(=O)N1CCC2CCCCC21. The maximum atomic E-state index is 12.9. The third-order valence-corrected chi connectivity index (χ3v) is 8.28. The molecule has 1 aliphatic carbocycles. The van der Waals surface area contributed by atoms with Crippen LogP contribution in [-0.2, 0) is 15.9 Å². The summed E-state index contributed by atoms with van der Waals surface area (Å²) in [7, 11) is -3.34. The summed E-state index contributed by atoms with van der Waals surface area (Å²) in [5.41, 5.74) is 0. The first kappa shape index (κ1) is 14.8. The van der Waals surface area contributed by atoms with E-state index in [-0.39, 0.29) is 6.04 Å². The van der Waals surface area contributed by atoms with Crippen LogP contribution < -0.4 is 0 Å². The Morgan fingerprint density at radius 1 is 1.35 bits per heavy atom. The van der Waals surface area contributed by atoms with Gasteiger partial charge in [0.15, 0.2) is 0 Å². The van der Waals surface area contributed by atoms with Crippen molar-refractivity contribution >= 4 is 33.0 Å². The zero-order valence-electron chi connectivity index (χ0n) is 11.6. The lowest BCUT2D eigenvalue weighted by molar-refractivity contribution is 0.260. The number of thiophene rings is 1. The van der Waals surface area contributed by atoms with Crippen LogP contribution in [0, 0.1) is 12.8 Å². The van der Waals surface area contributed by atoms with Gasteiger partial charge in [0.1, 0.15) is 0 Å². The highest BCUT2D eigenvalue weighted by molar-refractivity contribution is 7.89. The first-order chi connectivity index (χ1) is 9.54. The van der Waals surface area contributed by atoms with Crippen molar-refractivity contribution in [2.45, 2.75) is 55.8 Å². The molecule has 0 spiro atoms. The molecule has 2 unspecified atom stereocenters. The van der Waals surface area contributed by atoms with Gasteiger partial charge in [-0.1, -0.05) is 12.8 Å². The minimum absolute atomic E-state index is 0.229. The van der Waals surface area contributed by atoms with Crippen LogP contribution in [0.25, 0.3) is 0 Å². The average Bonchev–Trinajstić information content (AvgIpc) is 3.02. The van der Waals surface area contributed by atoms with Gasteiger partial charge in [0.2, 0.25) is 10.0 Å². The van der Waals surface area contributed by atoms with E-state index in [9.17, 15) is 8.42 Å². The number of hydrogen-bond donors (Lipinski definition) is 0. The van der Waals surface area contributed by atoms with E-state index in [0.29, 0.717) is 23.2 Å². The van der Waals surface area contributed by atoms with Crippen LogP contribution in [0.4, 0.5) is 0 Å². The van der Waals surface area contributed by atoms with Gasteiger partial charge in [0.05, 0.1) is 10.8 Å². The van der Waals surface area contributed by atoms with E-state index in [1.54, 1.807) is 10.4 Å². The molecule has 0 bridgehead atoms. The first-order valence-corrected chi connectivity index (χ1v) is 10.0. The highest BCUT2D eigenvalue weighted by Gasteiger charge is 2.42. The van der Waals surface area contributed by atoms with Crippen LogP contribution >= 0.6 is 22.9 Å². The van der Waals surface area contributed by atoms with Gasteiger partial charge < -0.3 is 0 Å². The maximum absolute atomic E-state index is 12.9. The molecule has 2 fully saturated rings. The summed E-state index contributed by atoms with van der Waals surface area (Å²) in [5.74, 6) is 0.956. The van der Waals surface area contributed by atoms with E-state index in [4.69, 9.17) is 11.6 Å². The van der Waals surface area contributed by atoms with Crippen molar-refractivity contribution in [2.75, 3.05) is 6.54 Å². The Balaban J connectivity index is 1.93. The van der Waals surface area contributed by atoms with Crippen LogP contribution in [0.5, 0.6) is 0 Å². The summed E-state index contributed by atoms with van der Waals surface area (Å²) in [6, 6.07) is 1.99. The minimum atomic E-state index is -3.34. The molecule has 20 heavy (non-hydrogen) atoms. The molecule has 2 heterocycles. The highest BCUT2D eigenvalue weighted by Crippen LogP contribution is 2.40. The highest BCUT2D eigenvalue weighted by atomic mass is 35.5. The summed E-state index contributed by atoms with van der Waals surface area (Å²) in [6.07, 6.45) is 5.64. The van der Waals surface area contributed by atoms with Gasteiger partial charge >= 0.3 is 0 Å². The van der Waals surface area contributed by atoms with Gasteiger partial charge in [0.25, 0.3) is 0 Å². The monoisotopic (exact) mass is 333 g/mol. The topological polar surface area (TPSA) is 37.4 Å². The van der Waals surface area contributed by atoms with Gasteiger partial charge in [-0.2, -0.15) is 4.31 Å². The van der Waals surface area contributed by atoms with Crippen molar-refractivity contribution in [2.24, 2.45) is 5.92 Å². The molecule has 1 aliphatic heterocycles. The first-order valence-electron chi connectivity index (χ1n) is 7.21. The lowest BCUT2D eigenvalue weighted by atomic mass is 9.86. The van der Waals surface area contributed by atoms with E-state index in [0.717, 1.165) is 29.0 Å². The van der Waals surface area contributed by atoms with Crippen molar-refractivity contribution in [1.29, 1.82) is 0 Å². The van der Waals surface area contributed by atoms with Crippen LogP contribution in [-0.4, -0.2) is 25.3 Å². The van der Waals surface area contributed by atoms with Crippen molar-refractivity contribution in [3.63, 3.8) is 0 Å². The molecule has 112 valence electrons. The quantitative estimate of drug-likeness (QED) is 0.790. The molecular formula is C14H20ClNO2S2. The third-order valence-electron chi connectivity index (χ3n) is 4.60. The van der Waals surface area contributed by atoms with Crippen molar-refractivity contribution in [3.05, 3.63) is 15.8 Å². The number of alkyl halides is 1. The van der Waals surface area contributed by atoms with Crippen LogP contribution in [0.1, 0.15) is 41.9 Å². The molecule has 6 heteroatoms. The Labute approximate surface area is 130 Å². The van der Waals surface area contributed by atoms with Gasteiger partial charge in [-0.05, 0) is 38.2 Å². The Kier molecular flexibility index (Phi) is 4.15. The fourth-order valence-electron chi connectivity index (χ4n) is 3.63. The molecule has 1 saturated heterocycles. The fraction of sp³-hybridized carbons (Fsp3) is 0.714. The normalized spacial score (nSPS) is 27.7. The summed E-state index contributed by atoms with van der Waals surface area (Å²) in [4.78, 5) is 2.27. The number of halogens is 1. The van der Waals surface area contributed by atoms with Crippen LogP contribution in [0.3, 0.4) is 0 Å². The van der Waals surface area contributed by atoms with Crippen LogP contribution in [0.2, 0.25) is 0 Å².